The molecule has 1 aliphatic rings. The molecule has 4 rings (SSSR count). The van der Waals surface area contributed by atoms with Crippen molar-refractivity contribution in [2.45, 2.75) is 6.92 Å². The summed E-state index contributed by atoms with van der Waals surface area (Å²) in [5.74, 6) is 0.330. The van der Waals surface area contributed by atoms with Crippen LogP contribution in [0.1, 0.15) is 31.2 Å². The van der Waals surface area contributed by atoms with Gasteiger partial charge in [0.15, 0.2) is 5.76 Å². The van der Waals surface area contributed by atoms with Crippen LogP contribution in [0.5, 0.6) is 11.5 Å². The Morgan fingerprint density at radius 2 is 1.93 bits per heavy atom. The van der Waals surface area contributed by atoms with Crippen LogP contribution in [0.15, 0.2) is 64.1 Å². The molecule has 3 aromatic rings. The van der Waals surface area contributed by atoms with Gasteiger partial charge in [-0.05, 0) is 60.3 Å². The number of esters is 1. The quantitative estimate of drug-likeness (QED) is 0.299. The number of ketones is 1. The summed E-state index contributed by atoms with van der Waals surface area (Å²) in [4.78, 5) is 25.7. The van der Waals surface area contributed by atoms with E-state index in [4.69, 9.17) is 9.47 Å². The second kappa shape index (κ2) is 7.13. The summed E-state index contributed by atoms with van der Waals surface area (Å²) in [5.41, 5.74) is 1.98. The van der Waals surface area contributed by atoms with Crippen LogP contribution in [-0.4, -0.2) is 11.8 Å². The van der Waals surface area contributed by atoms with Gasteiger partial charge in [-0.1, -0.05) is 15.9 Å². The Balaban J connectivity index is 1.56. The van der Waals surface area contributed by atoms with Crippen molar-refractivity contribution < 1.29 is 19.1 Å². The molecule has 0 aliphatic carbocycles. The largest absolute Gasteiger partial charge is 0.452 e. The molecule has 0 amide bonds. The van der Waals surface area contributed by atoms with Crippen molar-refractivity contribution in [1.82, 2.24) is 0 Å². The number of hydrogen-bond acceptors (Lipinski definition) is 5. The fourth-order valence-electron chi connectivity index (χ4n) is 2.63. The summed E-state index contributed by atoms with van der Waals surface area (Å²) in [6.07, 6.45) is 1.75. The molecule has 0 N–H and O–H groups in total. The van der Waals surface area contributed by atoms with Crippen LogP contribution in [0.4, 0.5) is 0 Å². The highest BCUT2D eigenvalue weighted by Crippen LogP contribution is 2.35. The summed E-state index contributed by atoms with van der Waals surface area (Å²) in [6.45, 7) is 1.98. The number of carbonyl (C=O) groups excluding carboxylic acids is 2. The Hall–Kier alpha value is -2.70. The maximum atomic E-state index is 12.5. The zero-order valence-corrected chi connectivity index (χ0v) is 16.6. The second-order valence-corrected chi connectivity index (χ2v) is 7.83. The van der Waals surface area contributed by atoms with Crippen LogP contribution in [0.25, 0.3) is 6.08 Å². The number of ether oxygens (including phenoxy) is 2. The topological polar surface area (TPSA) is 52.6 Å². The standard InChI is InChI=1S/C21H13BrO4S/c1-12-8-9-27-19(12)11-18-20(23)16-7-6-15(10-17(16)26-18)25-21(24)13-2-4-14(22)5-3-13/h2-11H,1H3/b18-11-. The summed E-state index contributed by atoms with van der Waals surface area (Å²) in [5, 5.41) is 1.97. The van der Waals surface area contributed by atoms with Crippen LogP contribution in [0.3, 0.4) is 0 Å². The lowest BCUT2D eigenvalue weighted by molar-refractivity contribution is 0.0734. The van der Waals surface area contributed by atoms with Crippen molar-refractivity contribution in [3.63, 3.8) is 0 Å². The molecule has 0 atom stereocenters. The summed E-state index contributed by atoms with van der Waals surface area (Å²) in [6, 6.07) is 13.6. The molecule has 0 radical (unpaired) electrons. The van der Waals surface area contributed by atoms with E-state index in [0.29, 0.717) is 22.6 Å². The van der Waals surface area contributed by atoms with Crippen LogP contribution >= 0.6 is 27.3 Å². The highest BCUT2D eigenvalue weighted by molar-refractivity contribution is 9.10. The molecule has 0 saturated heterocycles. The fraction of sp³-hybridized carbons (Fsp3) is 0.0476. The highest BCUT2D eigenvalue weighted by Gasteiger charge is 2.28. The molecule has 0 fully saturated rings. The summed E-state index contributed by atoms with van der Waals surface area (Å²) in [7, 11) is 0. The molecule has 0 spiro atoms. The predicted octanol–water partition coefficient (Wildman–Crippen LogP) is 5.65. The van der Waals surface area contributed by atoms with Crippen molar-refractivity contribution in [3.8, 4) is 11.5 Å². The number of halogens is 1. The molecule has 6 heteroatoms. The van der Waals surface area contributed by atoms with Gasteiger partial charge in [0.1, 0.15) is 11.5 Å². The first-order chi connectivity index (χ1) is 13.0. The number of Topliss-reactive ketones (excluding diaryl/α,β-unsaturated/α-hetero) is 1. The van der Waals surface area contributed by atoms with Gasteiger partial charge in [-0.25, -0.2) is 4.79 Å². The molecule has 1 aromatic heterocycles. The van der Waals surface area contributed by atoms with E-state index in [2.05, 4.69) is 15.9 Å². The third-order valence-corrected chi connectivity index (χ3v) is 5.59. The molecule has 0 bridgehead atoms. The third-order valence-electron chi connectivity index (χ3n) is 4.10. The summed E-state index contributed by atoms with van der Waals surface area (Å²) < 4.78 is 12.0. The molecule has 4 nitrogen and oxygen atoms in total. The van der Waals surface area contributed by atoms with Crippen molar-refractivity contribution in [1.29, 1.82) is 0 Å². The van der Waals surface area contributed by atoms with Gasteiger partial charge in [0, 0.05) is 21.5 Å². The van der Waals surface area contributed by atoms with E-state index in [-0.39, 0.29) is 11.5 Å². The van der Waals surface area contributed by atoms with Gasteiger partial charge in [0.05, 0.1) is 11.1 Å². The fourth-order valence-corrected chi connectivity index (χ4v) is 3.75. The van der Waals surface area contributed by atoms with E-state index in [1.165, 1.54) is 0 Å². The minimum Gasteiger partial charge on any atom is -0.452 e. The van der Waals surface area contributed by atoms with Crippen LogP contribution < -0.4 is 9.47 Å². The Bertz CT molecular complexity index is 1080. The number of rotatable bonds is 3. The third kappa shape index (κ3) is 3.59. The first-order valence-corrected chi connectivity index (χ1v) is 9.78. The zero-order chi connectivity index (χ0) is 19.0. The number of hydrogen-bond donors (Lipinski definition) is 0. The van der Waals surface area contributed by atoms with Gasteiger partial charge < -0.3 is 9.47 Å². The highest BCUT2D eigenvalue weighted by atomic mass is 79.9. The first kappa shape index (κ1) is 17.7. The number of fused-ring (bicyclic) bond motifs is 1. The van der Waals surface area contributed by atoms with Gasteiger partial charge in [-0.3, -0.25) is 4.79 Å². The minimum atomic E-state index is -0.475. The minimum absolute atomic E-state index is 0.177. The van der Waals surface area contributed by atoms with Crippen molar-refractivity contribution in [2.75, 3.05) is 0 Å². The molecular weight excluding hydrogens is 428 g/mol. The van der Waals surface area contributed by atoms with Crippen LogP contribution in [-0.2, 0) is 0 Å². The van der Waals surface area contributed by atoms with Crippen molar-refractivity contribution in [2.24, 2.45) is 0 Å². The predicted molar refractivity (Wildman–Crippen MR) is 108 cm³/mol. The van der Waals surface area contributed by atoms with E-state index in [0.717, 1.165) is 14.9 Å². The number of benzene rings is 2. The van der Waals surface area contributed by atoms with Gasteiger partial charge in [-0.2, -0.15) is 0 Å². The summed E-state index contributed by atoms with van der Waals surface area (Å²) >= 11 is 4.87. The van der Waals surface area contributed by atoms with Gasteiger partial charge >= 0.3 is 5.97 Å². The molecule has 2 heterocycles. The van der Waals surface area contributed by atoms with Gasteiger partial charge in [0.25, 0.3) is 0 Å². The van der Waals surface area contributed by atoms with Crippen molar-refractivity contribution in [3.05, 3.63) is 85.7 Å². The lowest BCUT2D eigenvalue weighted by Crippen LogP contribution is -2.08. The van der Waals surface area contributed by atoms with E-state index in [1.807, 2.05) is 18.4 Å². The van der Waals surface area contributed by atoms with Crippen LogP contribution in [0, 0.1) is 6.92 Å². The number of carbonyl (C=O) groups is 2. The molecule has 2 aromatic carbocycles. The number of aryl methyl sites for hydroxylation is 1. The normalized spacial score (nSPS) is 14.1. The second-order valence-electron chi connectivity index (χ2n) is 5.96. The lowest BCUT2D eigenvalue weighted by Gasteiger charge is -2.05. The zero-order valence-electron chi connectivity index (χ0n) is 14.2. The number of allylic oxidation sites excluding steroid dienone is 1. The number of thiophene rings is 1. The molecule has 0 saturated carbocycles. The SMILES string of the molecule is Cc1ccsc1/C=C1\Oc2cc(OC(=O)c3ccc(Br)cc3)ccc2C1=O. The average Bonchev–Trinajstić information content (AvgIpc) is 3.19. The Kier molecular flexibility index (Phi) is 4.68. The van der Waals surface area contributed by atoms with Crippen LogP contribution in [0.2, 0.25) is 0 Å². The van der Waals surface area contributed by atoms with E-state index in [9.17, 15) is 9.59 Å². The maximum absolute atomic E-state index is 12.5. The molecular formula is C21H13BrO4S. The first-order valence-electron chi connectivity index (χ1n) is 8.11. The maximum Gasteiger partial charge on any atom is 0.343 e. The monoisotopic (exact) mass is 440 g/mol. The van der Waals surface area contributed by atoms with E-state index < -0.39 is 5.97 Å². The van der Waals surface area contributed by atoms with E-state index >= 15 is 0 Å². The molecule has 0 unspecified atom stereocenters. The Labute approximate surface area is 168 Å². The van der Waals surface area contributed by atoms with Gasteiger partial charge in [0.2, 0.25) is 5.78 Å². The molecule has 1 aliphatic heterocycles. The van der Waals surface area contributed by atoms with Gasteiger partial charge in [-0.15, -0.1) is 11.3 Å². The van der Waals surface area contributed by atoms with E-state index in [1.54, 1.807) is 59.9 Å². The molecule has 27 heavy (non-hydrogen) atoms. The lowest BCUT2D eigenvalue weighted by atomic mass is 10.1. The average molecular weight is 441 g/mol. The Morgan fingerprint density at radius 1 is 1.15 bits per heavy atom. The smallest absolute Gasteiger partial charge is 0.343 e. The Morgan fingerprint density at radius 3 is 2.63 bits per heavy atom. The molecule has 134 valence electrons. The van der Waals surface area contributed by atoms with Crippen molar-refractivity contribution >= 4 is 45.1 Å².